The number of pyridine rings is 1. The summed E-state index contributed by atoms with van der Waals surface area (Å²) in [7, 11) is 4.03. The van der Waals surface area contributed by atoms with Crippen LogP contribution in [0.15, 0.2) is 79.0 Å². The molecule has 3 rings (SSSR count). The fourth-order valence-electron chi connectivity index (χ4n) is 5.84. The second-order valence-electron chi connectivity index (χ2n) is 15.5. The van der Waals surface area contributed by atoms with Gasteiger partial charge in [-0.25, -0.2) is 14.6 Å². The van der Waals surface area contributed by atoms with Gasteiger partial charge in [0.15, 0.2) is 0 Å². The van der Waals surface area contributed by atoms with Crippen LogP contribution < -0.4 is 26.7 Å². The largest absolute Gasteiger partial charge is 0.458 e. The van der Waals surface area contributed by atoms with Crippen LogP contribution in [-0.2, 0) is 41.6 Å². The molecule has 4 atom stereocenters. The first kappa shape index (κ1) is 44.9. The lowest BCUT2D eigenvalue weighted by atomic mass is 9.85. The Kier molecular flexibility index (Phi) is 16.8. The molecule has 15 heteroatoms. The summed E-state index contributed by atoms with van der Waals surface area (Å²) in [6.45, 7) is 10.7. The standard InChI is InChI=1S/C41H57N7O8/c1-40(2,3)34(45-38(52)54-8)36(50)44-31(23-27-15-11-10-12-16-27)32(56-33(49)24-42-7)26-48(47-37(51)35(41(4,5)6)46-39(53)55-9)25-28-18-20-29(21-19-28)30-17-13-14-22-43-30/h10-22,31-32,34-35,42H,23-26H2,1-9H3,(H,44,50)(H,45,52)(H,46,53)(H,47,51)/t31-,32-,34+,35+/m0/s1. The monoisotopic (exact) mass is 775 g/mol. The number of hydrogen-bond acceptors (Lipinski definition) is 11. The van der Waals surface area contributed by atoms with Crippen molar-refractivity contribution in [3.8, 4) is 11.3 Å². The number of nitrogens with zero attached hydrogens (tertiary/aromatic N) is 2. The highest BCUT2D eigenvalue weighted by Gasteiger charge is 2.38. The number of amides is 4. The summed E-state index contributed by atoms with van der Waals surface area (Å²) in [5, 5.41) is 12.7. The maximum absolute atomic E-state index is 14.1. The van der Waals surface area contributed by atoms with E-state index in [9.17, 15) is 24.0 Å². The Labute approximate surface area is 329 Å². The van der Waals surface area contributed by atoms with Gasteiger partial charge >= 0.3 is 18.2 Å². The Balaban J connectivity index is 2.11. The van der Waals surface area contributed by atoms with Crippen molar-refractivity contribution in [1.82, 2.24) is 36.7 Å². The fraction of sp³-hybridized carbons (Fsp3) is 0.463. The topological polar surface area (TPSA) is 189 Å². The molecule has 0 saturated carbocycles. The molecule has 0 radical (unpaired) electrons. The molecule has 0 aliphatic carbocycles. The van der Waals surface area contributed by atoms with Crippen LogP contribution in [0.3, 0.4) is 0 Å². The number of methoxy groups -OCH3 is 2. The number of aromatic nitrogens is 1. The predicted molar refractivity (Wildman–Crippen MR) is 212 cm³/mol. The van der Waals surface area contributed by atoms with E-state index in [1.807, 2.05) is 72.8 Å². The summed E-state index contributed by atoms with van der Waals surface area (Å²) < 4.78 is 15.7. The van der Waals surface area contributed by atoms with E-state index >= 15 is 0 Å². The molecule has 304 valence electrons. The van der Waals surface area contributed by atoms with Gasteiger partial charge in [-0.15, -0.1) is 0 Å². The Morgan fingerprint density at radius 1 is 0.714 bits per heavy atom. The molecule has 0 unspecified atom stereocenters. The third-order valence-electron chi connectivity index (χ3n) is 8.79. The molecule has 2 aromatic carbocycles. The van der Waals surface area contributed by atoms with Crippen molar-refractivity contribution in [2.45, 2.75) is 78.7 Å². The molecule has 0 fully saturated rings. The zero-order valence-corrected chi connectivity index (χ0v) is 33.8. The van der Waals surface area contributed by atoms with E-state index in [1.165, 1.54) is 14.2 Å². The van der Waals surface area contributed by atoms with Crippen LogP contribution in [0, 0.1) is 10.8 Å². The van der Waals surface area contributed by atoms with Crippen molar-refractivity contribution < 1.29 is 38.2 Å². The second-order valence-corrected chi connectivity index (χ2v) is 15.5. The van der Waals surface area contributed by atoms with E-state index in [0.717, 1.165) is 22.4 Å². The lowest BCUT2D eigenvalue weighted by Crippen LogP contribution is -2.61. The normalized spacial score (nSPS) is 13.7. The average Bonchev–Trinajstić information content (AvgIpc) is 3.15. The molecule has 0 aliphatic heterocycles. The highest BCUT2D eigenvalue weighted by atomic mass is 16.6. The van der Waals surface area contributed by atoms with Crippen LogP contribution in [0.1, 0.15) is 52.7 Å². The van der Waals surface area contributed by atoms with Crippen molar-refractivity contribution in [2.75, 3.05) is 34.4 Å². The average molecular weight is 776 g/mol. The summed E-state index contributed by atoms with van der Waals surface area (Å²) in [5.41, 5.74) is 4.76. The van der Waals surface area contributed by atoms with Gasteiger partial charge in [-0.05, 0) is 47.6 Å². The van der Waals surface area contributed by atoms with Crippen LogP contribution in [-0.4, -0.2) is 98.5 Å². The van der Waals surface area contributed by atoms with Crippen molar-refractivity contribution in [2.24, 2.45) is 10.8 Å². The number of benzene rings is 2. The summed E-state index contributed by atoms with van der Waals surface area (Å²) in [4.78, 5) is 70.6. The minimum absolute atomic E-state index is 0.110. The summed E-state index contributed by atoms with van der Waals surface area (Å²) in [6, 6.07) is 19.7. The van der Waals surface area contributed by atoms with Crippen molar-refractivity contribution in [3.05, 3.63) is 90.1 Å². The molecule has 1 heterocycles. The SMILES string of the molecule is CNCC(=O)O[C@@H](CN(Cc1ccc(-c2ccccn2)cc1)NC(=O)[C@@H](NC(=O)OC)C(C)(C)C)[C@H](Cc1ccccc1)NC(=O)[C@@H](NC(=O)OC)C(C)(C)C. The van der Waals surface area contributed by atoms with E-state index in [0.29, 0.717) is 0 Å². The number of ether oxygens (including phenoxy) is 3. The smallest absolute Gasteiger partial charge is 0.407 e. The van der Waals surface area contributed by atoms with Crippen molar-refractivity contribution >= 4 is 30.0 Å². The van der Waals surface area contributed by atoms with Gasteiger partial charge in [0.05, 0.1) is 39.0 Å². The lowest BCUT2D eigenvalue weighted by Gasteiger charge is -2.37. The second kappa shape index (κ2) is 20.9. The number of alkyl carbamates (subject to hydrolysis) is 2. The molecule has 0 spiro atoms. The van der Waals surface area contributed by atoms with E-state index in [4.69, 9.17) is 14.2 Å². The molecule has 0 saturated heterocycles. The Bertz CT molecular complexity index is 1730. The number of nitrogens with one attached hydrogen (secondary N) is 5. The molecule has 15 nitrogen and oxygen atoms in total. The Morgan fingerprint density at radius 2 is 1.29 bits per heavy atom. The van der Waals surface area contributed by atoms with Gasteiger partial charge in [0.1, 0.15) is 18.2 Å². The quantitative estimate of drug-likeness (QED) is 0.0758. The number of hydrogen-bond donors (Lipinski definition) is 5. The van der Waals surface area contributed by atoms with Gasteiger partial charge in [0, 0.05) is 18.3 Å². The number of hydrazine groups is 1. The number of esters is 1. The molecule has 56 heavy (non-hydrogen) atoms. The van der Waals surface area contributed by atoms with Gasteiger partial charge in [-0.2, -0.15) is 0 Å². The lowest BCUT2D eigenvalue weighted by molar-refractivity contribution is -0.153. The number of carbonyl (C=O) groups is 5. The molecule has 4 amide bonds. The van der Waals surface area contributed by atoms with Crippen molar-refractivity contribution in [1.29, 1.82) is 0 Å². The van der Waals surface area contributed by atoms with Gasteiger partial charge in [-0.3, -0.25) is 24.8 Å². The molecule has 0 bridgehead atoms. The van der Waals surface area contributed by atoms with E-state index < -0.39 is 65.0 Å². The minimum Gasteiger partial charge on any atom is -0.458 e. The van der Waals surface area contributed by atoms with Gasteiger partial charge in [-0.1, -0.05) is 102 Å². The molecule has 5 N–H and O–H groups in total. The molecule has 1 aromatic heterocycles. The zero-order valence-electron chi connectivity index (χ0n) is 33.8. The van der Waals surface area contributed by atoms with Gasteiger partial charge in [0.2, 0.25) is 5.91 Å². The van der Waals surface area contributed by atoms with E-state index in [1.54, 1.807) is 59.8 Å². The third-order valence-corrected chi connectivity index (χ3v) is 8.79. The van der Waals surface area contributed by atoms with Crippen LogP contribution >= 0.6 is 0 Å². The summed E-state index contributed by atoms with van der Waals surface area (Å²) >= 11 is 0. The summed E-state index contributed by atoms with van der Waals surface area (Å²) in [6.07, 6.45) is -0.699. The van der Waals surface area contributed by atoms with Crippen LogP contribution in [0.25, 0.3) is 11.3 Å². The van der Waals surface area contributed by atoms with Gasteiger partial charge in [0.25, 0.3) is 5.91 Å². The molecule has 3 aromatic rings. The maximum atomic E-state index is 14.1. The summed E-state index contributed by atoms with van der Waals surface area (Å²) in [5.74, 6) is -1.68. The molecular weight excluding hydrogens is 718 g/mol. The first-order valence-corrected chi connectivity index (χ1v) is 18.4. The number of likely N-dealkylation sites (N-methyl/N-ethyl adjacent to an activating group) is 1. The molecular formula is C41H57N7O8. The fourth-order valence-corrected chi connectivity index (χ4v) is 5.84. The van der Waals surface area contributed by atoms with E-state index in [-0.39, 0.29) is 26.1 Å². The van der Waals surface area contributed by atoms with Gasteiger partial charge < -0.3 is 35.5 Å². The number of carbonyl (C=O) groups excluding carboxylic acids is 5. The Morgan fingerprint density at radius 3 is 1.80 bits per heavy atom. The molecule has 0 aliphatic rings. The Hall–Kier alpha value is -5.54. The highest BCUT2D eigenvalue weighted by molar-refractivity contribution is 5.87. The van der Waals surface area contributed by atoms with Crippen LogP contribution in [0.2, 0.25) is 0 Å². The van der Waals surface area contributed by atoms with E-state index in [2.05, 4.69) is 31.7 Å². The first-order chi connectivity index (χ1) is 26.4. The zero-order chi connectivity index (χ0) is 41.5. The number of rotatable bonds is 17. The predicted octanol–water partition coefficient (Wildman–Crippen LogP) is 3.98. The van der Waals surface area contributed by atoms with Crippen LogP contribution in [0.4, 0.5) is 9.59 Å². The van der Waals surface area contributed by atoms with Crippen LogP contribution in [0.5, 0.6) is 0 Å². The minimum atomic E-state index is -1.06. The first-order valence-electron chi connectivity index (χ1n) is 18.4. The third kappa shape index (κ3) is 14.3. The van der Waals surface area contributed by atoms with Crippen molar-refractivity contribution in [3.63, 3.8) is 0 Å². The maximum Gasteiger partial charge on any atom is 0.407 e. The highest BCUT2D eigenvalue weighted by Crippen LogP contribution is 2.23.